The fourth-order valence-corrected chi connectivity index (χ4v) is 0.623. The van der Waals surface area contributed by atoms with Gasteiger partial charge in [0.25, 0.3) is 0 Å². The van der Waals surface area contributed by atoms with E-state index in [1.54, 1.807) is 4.90 Å². The van der Waals surface area contributed by atoms with Gasteiger partial charge in [0.15, 0.2) is 0 Å². The van der Waals surface area contributed by atoms with E-state index in [-0.39, 0.29) is 57.9 Å². The predicted octanol–water partition coefficient (Wildman–Crippen LogP) is -1.85. The first-order valence-corrected chi connectivity index (χ1v) is 3.01. The van der Waals surface area contributed by atoms with E-state index < -0.39 is 13.3 Å². The summed E-state index contributed by atoms with van der Waals surface area (Å²) in [6.45, 7) is -2.61. The van der Waals surface area contributed by atoms with Crippen molar-refractivity contribution in [3.63, 3.8) is 0 Å². The van der Waals surface area contributed by atoms with Gasteiger partial charge in [0.2, 0.25) is 0 Å². The Kier molecular flexibility index (Phi) is 5.12. The van der Waals surface area contributed by atoms with Crippen molar-refractivity contribution >= 4 is 6.98 Å². The number of nitrogens with zero attached hydrogens (tertiary/aromatic N) is 1. The Morgan fingerprint density at radius 2 is 1.70 bits per heavy atom. The molecule has 10 heavy (non-hydrogen) atoms. The summed E-state index contributed by atoms with van der Waals surface area (Å²) in [7, 11) is 0. The summed E-state index contributed by atoms with van der Waals surface area (Å²) < 4.78 is 34.4. The molecule has 1 heterocycles. The van der Waals surface area contributed by atoms with Gasteiger partial charge >= 0.3 is 58.4 Å². The quantitative estimate of drug-likeness (QED) is 0.361. The van der Waals surface area contributed by atoms with Gasteiger partial charge in [0.1, 0.15) is 0 Å². The predicted molar refractivity (Wildman–Crippen MR) is 30.3 cm³/mol. The first-order valence-electron chi connectivity index (χ1n) is 3.01. The van der Waals surface area contributed by atoms with Gasteiger partial charge in [-0.25, -0.2) is 0 Å². The van der Waals surface area contributed by atoms with Gasteiger partial charge in [-0.05, 0) is 6.54 Å². The number of hydrogen-bond acceptors (Lipinski definition) is 1. The molecule has 0 atom stereocenters. The Hall–Kier alpha value is 1.45. The monoisotopic (exact) mass is 177 g/mol. The SMILES string of the molecule is F[B-](F)(F)CCN1CC1.[K+]. The molecular weight excluding hydrogens is 169 g/mol. The van der Waals surface area contributed by atoms with Gasteiger partial charge in [0.05, 0.1) is 0 Å². The van der Waals surface area contributed by atoms with Crippen LogP contribution in [0.4, 0.5) is 12.9 Å². The van der Waals surface area contributed by atoms with E-state index in [1.165, 1.54) is 0 Å². The zero-order valence-corrected chi connectivity index (χ0v) is 9.11. The van der Waals surface area contributed by atoms with Crippen LogP contribution in [0.15, 0.2) is 0 Å². The molecule has 0 aliphatic carbocycles. The molecule has 0 radical (unpaired) electrons. The Morgan fingerprint density at radius 3 is 2.00 bits per heavy atom. The van der Waals surface area contributed by atoms with Crippen LogP contribution in [0.1, 0.15) is 0 Å². The summed E-state index contributed by atoms with van der Waals surface area (Å²) in [5.74, 6) is 0. The zero-order chi connectivity index (χ0) is 6.91. The maximum Gasteiger partial charge on any atom is 1.00 e. The van der Waals surface area contributed by atoms with Crippen molar-refractivity contribution in [2.24, 2.45) is 0 Å². The van der Waals surface area contributed by atoms with E-state index in [0.29, 0.717) is 0 Å². The summed E-state index contributed by atoms with van der Waals surface area (Å²) in [4.78, 5) is 1.77. The minimum atomic E-state index is -4.53. The second-order valence-electron chi connectivity index (χ2n) is 2.34. The van der Waals surface area contributed by atoms with Crippen molar-refractivity contribution in [3.8, 4) is 0 Å². The average Bonchev–Trinajstić information content (AvgIpc) is 2.38. The molecule has 1 fully saturated rings. The molecule has 0 amide bonds. The Bertz CT molecular complexity index is 103. The van der Waals surface area contributed by atoms with Crippen LogP contribution in [0.5, 0.6) is 0 Å². The summed E-state index contributed by atoms with van der Waals surface area (Å²) in [5, 5.41) is 0. The molecule has 0 unspecified atom stereocenters. The van der Waals surface area contributed by atoms with E-state index in [4.69, 9.17) is 0 Å². The Morgan fingerprint density at radius 1 is 1.20 bits per heavy atom. The molecule has 0 spiro atoms. The van der Waals surface area contributed by atoms with Gasteiger partial charge in [-0.3, -0.25) is 0 Å². The van der Waals surface area contributed by atoms with Gasteiger partial charge in [-0.15, -0.1) is 0 Å². The first kappa shape index (κ1) is 11.5. The van der Waals surface area contributed by atoms with Crippen molar-refractivity contribution in [2.75, 3.05) is 19.6 Å². The number of halogens is 3. The largest absolute Gasteiger partial charge is 1.00 e. The molecule has 6 heteroatoms. The van der Waals surface area contributed by atoms with Crippen LogP contribution in [0.25, 0.3) is 0 Å². The van der Waals surface area contributed by atoms with Crippen LogP contribution in [-0.4, -0.2) is 31.5 Å². The van der Waals surface area contributed by atoms with E-state index in [0.717, 1.165) is 13.1 Å². The van der Waals surface area contributed by atoms with Crippen LogP contribution < -0.4 is 51.4 Å². The molecule has 1 aliphatic heterocycles. The van der Waals surface area contributed by atoms with Crippen molar-refractivity contribution in [2.45, 2.75) is 6.32 Å². The van der Waals surface area contributed by atoms with Crippen LogP contribution in [0.2, 0.25) is 6.32 Å². The van der Waals surface area contributed by atoms with Crippen LogP contribution in [0.3, 0.4) is 0 Å². The zero-order valence-electron chi connectivity index (χ0n) is 5.99. The fraction of sp³-hybridized carbons (Fsp3) is 1.00. The minimum absolute atomic E-state index is 0. The maximum absolute atomic E-state index is 11.5. The van der Waals surface area contributed by atoms with Gasteiger partial charge in [0, 0.05) is 13.1 Å². The van der Waals surface area contributed by atoms with E-state index in [2.05, 4.69) is 0 Å². The summed E-state index contributed by atoms with van der Waals surface area (Å²) in [5.41, 5.74) is 0. The van der Waals surface area contributed by atoms with Crippen molar-refractivity contribution < 1.29 is 64.3 Å². The molecule has 1 saturated heterocycles. The summed E-state index contributed by atoms with van der Waals surface area (Å²) in [6, 6.07) is 0. The second-order valence-corrected chi connectivity index (χ2v) is 2.34. The first-order chi connectivity index (χ1) is 4.08. The Balaban J connectivity index is 0.000000810. The molecule has 0 aromatic rings. The normalized spacial score (nSPS) is 18.3. The third-order valence-electron chi connectivity index (χ3n) is 1.31. The molecule has 1 nitrogen and oxygen atoms in total. The van der Waals surface area contributed by atoms with Crippen LogP contribution >= 0.6 is 0 Å². The maximum atomic E-state index is 11.5. The third kappa shape index (κ3) is 6.18. The van der Waals surface area contributed by atoms with Crippen molar-refractivity contribution in [3.05, 3.63) is 0 Å². The molecule has 0 N–H and O–H groups in total. The average molecular weight is 177 g/mol. The fourth-order valence-electron chi connectivity index (χ4n) is 0.623. The third-order valence-corrected chi connectivity index (χ3v) is 1.31. The smallest absolute Gasteiger partial charge is 0.449 e. The van der Waals surface area contributed by atoms with E-state index in [1.807, 2.05) is 0 Å². The molecule has 0 aromatic heterocycles. The molecule has 1 aliphatic rings. The summed E-state index contributed by atoms with van der Waals surface area (Å²) in [6.07, 6.45) is -0.597. The van der Waals surface area contributed by atoms with Gasteiger partial charge < -0.3 is 17.8 Å². The number of rotatable bonds is 3. The Labute approximate surface area is 101 Å². The molecule has 0 saturated carbocycles. The summed E-state index contributed by atoms with van der Waals surface area (Å²) >= 11 is 0. The second kappa shape index (κ2) is 4.47. The standard InChI is InChI=1S/C4H8BF3N.K/c6-5(7,8)1-2-9-3-4-9;/h1-4H2;/q-1;+1. The number of hydrogen-bond donors (Lipinski definition) is 0. The van der Waals surface area contributed by atoms with E-state index in [9.17, 15) is 12.9 Å². The van der Waals surface area contributed by atoms with Gasteiger partial charge in [-0.1, -0.05) is 6.32 Å². The van der Waals surface area contributed by atoms with Gasteiger partial charge in [-0.2, -0.15) is 0 Å². The molecule has 0 bridgehead atoms. The molecule has 1 rings (SSSR count). The molecule has 54 valence electrons. The molecule has 0 aromatic carbocycles. The molecular formula is C4H8BF3KN. The van der Waals surface area contributed by atoms with Crippen molar-refractivity contribution in [1.82, 2.24) is 4.90 Å². The topological polar surface area (TPSA) is 3.01 Å². The minimum Gasteiger partial charge on any atom is -0.449 e. The van der Waals surface area contributed by atoms with E-state index >= 15 is 0 Å². The van der Waals surface area contributed by atoms with Crippen LogP contribution in [-0.2, 0) is 0 Å². The van der Waals surface area contributed by atoms with Crippen LogP contribution in [0, 0.1) is 0 Å². The van der Waals surface area contributed by atoms with Crippen molar-refractivity contribution in [1.29, 1.82) is 0 Å².